The number of nitrogens with one attached hydrogen (secondary N) is 2. The first kappa shape index (κ1) is 19.6. The van der Waals surface area contributed by atoms with Crippen LogP contribution in [0.4, 0.5) is 4.39 Å². The molecule has 0 spiro atoms. The van der Waals surface area contributed by atoms with Gasteiger partial charge in [-0.15, -0.1) is 0 Å². The van der Waals surface area contributed by atoms with Crippen molar-refractivity contribution in [2.45, 2.75) is 13.5 Å². The van der Waals surface area contributed by atoms with Crippen molar-refractivity contribution in [2.24, 2.45) is 0 Å². The van der Waals surface area contributed by atoms with Crippen LogP contribution in [-0.4, -0.2) is 67.4 Å². The molecule has 1 aliphatic rings. The summed E-state index contributed by atoms with van der Waals surface area (Å²) in [6.45, 7) is 6.08. The maximum absolute atomic E-state index is 13.9. The third-order valence-corrected chi connectivity index (χ3v) is 4.45. The topological polar surface area (TPSA) is 64.7 Å². The van der Waals surface area contributed by atoms with Gasteiger partial charge in [-0.05, 0) is 12.1 Å². The third-order valence-electron chi connectivity index (χ3n) is 4.10. The fraction of sp³-hybridized carbons (Fsp3) is 0.529. The number of benzene rings is 1. The van der Waals surface area contributed by atoms with Crippen molar-refractivity contribution < 1.29 is 14.0 Å². The number of carbonyl (C=O) groups is 2. The first-order chi connectivity index (χ1) is 12.0. The van der Waals surface area contributed by atoms with Crippen LogP contribution >= 0.6 is 11.6 Å². The summed E-state index contributed by atoms with van der Waals surface area (Å²) in [5, 5.41) is 5.85. The number of amides is 2. The van der Waals surface area contributed by atoms with E-state index in [4.69, 9.17) is 11.6 Å². The Bertz CT molecular complexity index is 586. The van der Waals surface area contributed by atoms with Crippen LogP contribution in [0.15, 0.2) is 18.2 Å². The lowest BCUT2D eigenvalue weighted by Gasteiger charge is -2.34. The number of halogens is 2. The van der Waals surface area contributed by atoms with Crippen molar-refractivity contribution in [1.29, 1.82) is 0 Å². The molecule has 0 atom stereocenters. The number of nitrogens with zero attached hydrogens (tertiary/aromatic N) is 2. The van der Waals surface area contributed by atoms with Gasteiger partial charge in [0.1, 0.15) is 5.82 Å². The SMILES string of the molecule is CC(=O)NCCNC(=O)CN1CCN(Cc2c(F)cccc2Cl)CC1. The lowest BCUT2D eigenvalue weighted by Crippen LogP contribution is -2.49. The first-order valence-electron chi connectivity index (χ1n) is 8.34. The van der Waals surface area contributed by atoms with Crippen molar-refractivity contribution in [3.8, 4) is 0 Å². The Balaban J connectivity index is 1.69. The molecule has 25 heavy (non-hydrogen) atoms. The second kappa shape index (κ2) is 9.70. The molecule has 138 valence electrons. The lowest BCUT2D eigenvalue weighted by atomic mass is 10.2. The van der Waals surface area contributed by atoms with Gasteiger partial charge in [0, 0.05) is 63.3 Å². The van der Waals surface area contributed by atoms with Crippen molar-refractivity contribution in [1.82, 2.24) is 20.4 Å². The number of hydrogen-bond acceptors (Lipinski definition) is 4. The van der Waals surface area contributed by atoms with E-state index in [0.717, 1.165) is 26.2 Å². The molecule has 0 aromatic heterocycles. The van der Waals surface area contributed by atoms with E-state index in [1.54, 1.807) is 12.1 Å². The van der Waals surface area contributed by atoms with Gasteiger partial charge in [0.05, 0.1) is 6.54 Å². The predicted molar refractivity (Wildman–Crippen MR) is 94.8 cm³/mol. The molecule has 0 aliphatic carbocycles. The molecule has 1 fully saturated rings. The Morgan fingerprint density at radius 3 is 2.40 bits per heavy atom. The largest absolute Gasteiger partial charge is 0.355 e. The molecule has 1 heterocycles. The minimum absolute atomic E-state index is 0.0593. The van der Waals surface area contributed by atoms with Gasteiger partial charge in [0.15, 0.2) is 0 Å². The minimum Gasteiger partial charge on any atom is -0.355 e. The molecule has 6 nitrogen and oxygen atoms in total. The number of carbonyl (C=O) groups excluding carboxylic acids is 2. The Hall–Kier alpha value is -1.70. The maximum Gasteiger partial charge on any atom is 0.234 e. The van der Waals surface area contributed by atoms with Crippen molar-refractivity contribution >= 4 is 23.4 Å². The monoisotopic (exact) mass is 370 g/mol. The lowest BCUT2D eigenvalue weighted by molar-refractivity contribution is -0.123. The van der Waals surface area contributed by atoms with E-state index < -0.39 is 0 Å². The zero-order valence-corrected chi connectivity index (χ0v) is 15.1. The molecule has 2 N–H and O–H groups in total. The van der Waals surface area contributed by atoms with E-state index >= 15 is 0 Å². The molecule has 1 aromatic carbocycles. The highest BCUT2D eigenvalue weighted by Gasteiger charge is 2.20. The molecular formula is C17H24ClFN4O2. The summed E-state index contributed by atoms with van der Waals surface area (Å²) in [5.41, 5.74) is 0.522. The highest BCUT2D eigenvalue weighted by atomic mass is 35.5. The molecule has 1 aliphatic heterocycles. The summed E-state index contributed by atoms with van der Waals surface area (Å²) in [4.78, 5) is 26.8. The van der Waals surface area contributed by atoms with E-state index in [2.05, 4.69) is 20.4 Å². The second-order valence-corrected chi connectivity index (χ2v) is 6.49. The third kappa shape index (κ3) is 6.61. The Kier molecular flexibility index (Phi) is 7.61. The van der Waals surface area contributed by atoms with Crippen LogP contribution in [-0.2, 0) is 16.1 Å². The molecule has 0 saturated carbocycles. The summed E-state index contributed by atoms with van der Waals surface area (Å²) in [6, 6.07) is 4.72. The maximum atomic E-state index is 13.9. The van der Waals surface area contributed by atoms with Crippen LogP contribution in [0, 0.1) is 5.82 Å². The molecule has 0 unspecified atom stereocenters. The van der Waals surface area contributed by atoms with Gasteiger partial charge in [-0.3, -0.25) is 19.4 Å². The molecule has 2 rings (SSSR count). The quantitative estimate of drug-likeness (QED) is 0.698. The molecular weight excluding hydrogens is 347 g/mol. The van der Waals surface area contributed by atoms with Gasteiger partial charge >= 0.3 is 0 Å². The van der Waals surface area contributed by atoms with E-state index in [9.17, 15) is 14.0 Å². The minimum atomic E-state index is -0.284. The number of rotatable bonds is 7. The summed E-state index contributed by atoms with van der Waals surface area (Å²) >= 11 is 6.07. The van der Waals surface area contributed by atoms with Crippen molar-refractivity contribution in [2.75, 3.05) is 45.8 Å². The smallest absolute Gasteiger partial charge is 0.234 e. The molecule has 2 amide bonds. The van der Waals surface area contributed by atoms with E-state index in [-0.39, 0.29) is 17.6 Å². The van der Waals surface area contributed by atoms with Gasteiger partial charge < -0.3 is 10.6 Å². The van der Waals surface area contributed by atoms with Crippen LogP contribution < -0.4 is 10.6 Å². The Morgan fingerprint density at radius 2 is 1.76 bits per heavy atom. The van der Waals surface area contributed by atoms with E-state index in [0.29, 0.717) is 36.8 Å². The zero-order valence-electron chi connectivity index (χ0n) is 14.4. The van der Waals surface area contributed by atoms with Gasteiger partial charge in [-0.2, -0.15) is 0 Å². The van der Waals surface area contributed by atoms with Crippen LogP contribution in [0.3, 0.4) is 0 Å². The van der Waals surface area contributed by atoms with Crippen LogP contribution in [0.1, 0.15) is 12.5 Å². The average molecular weight is 371 g/mol. The summed E-state index contributed by atoms with van der Waals surface area (Å²) in [6.07, 6.45) is 0. The zero-order chi connectivity index (χ0) is 18.2. The fourth-order valence-corrected chi connectivity index (χ4v) is 2.93. The Labute approximate surface area is 152 Å². The van der Waals surface area contributed by atoms with Crippen LogP contribution in [0.2, 0.25) is 5.02 Å². The standard InChI is InChI=1S/C17H24ClFN4O2/c1-13(24)20-5-6-21-17(25)12-23-9-7-22(8-10-23)11-14-15(18)3-2-4-16(14)19/h2-4H,5-12H2,1H3,(H,20,24)(H,21,25). The number of hydrogen-bond donors (Lipinski definition) is 2. The second-order valence-electron chi connectivity index (χ2n) is 6.09. The summed E-state index contributed by atoms with van der Waals surface area (Å²) < 4.78 is 13.9. The average Bonchev–Trinajstić information content (AvgIpc) is 2.56. The Morgan fingerprint density at radius 1 is 1.12 bits per heavy atom. The molecule has 0 radical (unpaired) electrons. The molecule has 1 saturated heterocycles. The number of piperazine rings is 1. The van der Waals surface area contributed by atoms with Crippen molar-refractivity contribution in [3.05, 3.63) is 34.6 Å². The van der Waals surface area contributed by atoms with Gasteiger partial charge in [-0.1, -0.05) is 17.7 Å². The van der Waals surface area contributed by atoms with Crippen LogP contribution in [0.5, 0.6) is 0 Å². The van der Waals surface area contributed by atoms with Gasteiger partial charge in [-0.25, -0.2) is 4.39 Å². The normalized spacial score (nSPS) is 15.8. The summed E-state index contributed by atoms with van der Waals surface area (Å²) in [5.74, 6) is -0.454. The molecule has 8 heteroatoms. The van der Waals surface area contributed by atoms with E-state index in [1.807, 2.05) is 0 Å². The molecule has 0 bridgehead atoms. The first-order valence-corrected chi connectivity index (χ1v) is 8.72. The predicted octanol–water partition coefficient (Wildman–Crippen LogP) is 0.849. The van der Waals surface area contributed by atoms with Crippen LogP contribution in [0.25, 0.3) is 0 Å². The fourth-order valence-electron chi connectivity index (χ4n) is 2.71. The highest BCUT2D eigenvalue weighted by molar-refractivity contribution is 6.31. The van der Waals surface area contributed by atoms with Crippen molar-refractivity contribution in [3.63, 3.8) is 0 Å². The molecule has 1 aromatic rings. The summed E-state index contributed by atoms with van der Waals surface area (Å²) in [7, 11) is 0. The van der Waals surface area contributed by atoms with E-state index in [1.165, 1.54) is 13.0 Å². The highest BCUT2D eigenvalue weighted by Crippen LogP contribution is 2.21. The van der Waals surface area contributed by atoms with Gasteiger partial charge in [0.25, 0.3) is 0 Å². The van der Waals surface area contributed by atoms with Gasteiger partial charge in [0.2, 0.25) is 11.8 Å².